The van der Waals surface area contributed by atoms with Crippen LogP contribution in [0.3, 0.4) is 0 Å². The van der Waals surface area contributed by atoms with Crippen LogP contribution in [0.4, 0.5) is 4.39 Å². The third-order valence-corrected chi connectivity index (χ3v) is 5.10. The summed E-state index contributed by atoms with van der Waals surface area (Å²) in [7, 11) is 4.02. The number of nitrogens with zero attached hydrogens (tertiary/aromatic N) is 3. The Morgan fingerprint density at radius 1 is 1.27 bits per heavy atom. The van der Waals surface area contributed by atoms with Gasteiger partial charge in [-0.1, -0.05) is 31.6 Å². The van der Waals surface area contributed by atoms with E-state index in [4.69, 9.17) is 10.3 Å². The lowest BCUT2D eigenvalue weighted by molar-refractivity contribution is 0.351. The van der Waals surface area contributed by atoms with E-state index in [-0.39, 0.29) is 5.92 Å². The summed E-state index contributed by atoms with van der Waals surface area (Å²) in [6.45, 7) is 6.52. The Morgan fingerprint density at radius 3 is 2.54 bits per heavy atom. The molecule has 2 unspecified atom stereocenters. The highest BCUT2D eigenvalue weighted by molar-refractivity contribution is 6.06. The van der Waals surface area contributed by atoms with Gasteiger partial charge in [-0.05, 0) is 55.7 Å². The topological polar surface area (TPSA) is 39.4 Å². The highest BCUT2D eigenvalue weighted by Crippen LogP contribution is 2.33. The van der Waals surface area contributed by atoms with Crippen molar-refractivity contribution < 1.29 is 4.39 Å². The average Bonchev–Trinajstić information content (AvgIpc) is 2.58. The fraction of sp³-hybridized carbons (Fsp3) is 0.545. The summed E-state index contributed by atoms with van der Waals surface area (Å²) in [5.41, 5.74) is 4.60. The van der Waals surface area contributed by atoms with Crippen molar-refractivity contribution in [2.24, 2.45) is 16.8 Å². The summed E-state index contributed by atoms with van der Waals surface area (Å²) in [5.74, 6) is 1.42. The van der Waals surface area contributed by atoms with Crippen LogP contribution >= 0.6 is 0 Å². The lowest BCUT2D eigenvalue weighted by atomic mass is 9.81. The van der Waals surface area contributed by atoms with Crippen molar-refractivity contribution in [3.63, 3.8) is 0 Å². The van der Waals surface area contributed by atoms with Crippen LogP contribution in [-0.2, 0) is 0 Å². The Hall–Kier alpha value is -2.15. The standard InChI is InChI=1S/C22H30FN3/c1-15(2)19-13-8-16(3)22(26(4)5)25-21(20(19)7-6-14-24)17-9-11-18(23)12-10-17/h6-7,9,11,15,17-18H,8,10,12-13H2,1-5H3/b7-6+,20-19?,22-16?,25-21?. The first-order valence-corrected chi connectivity index (χ1v) is 9.42. The van der Waals surface area contributed by atoms with Gasteiger partial charge >= 0.3 is 0 Å². The van der Waals surface area contributed by atoms with Gasteiger partial charge in [0.2, 0.25) is 0 Å². The SMILES string of the molecule is CC1=C(N(C)C)N=C(C2C=CC(F)CC2)C(/C=C/C#N)=C(C(C)C)CC1. The number of hydrogen-bond acceptors (Lipinski definition) is 3. The number of halogens is 1. The monoisotopic (exact) mass is 355 g/mol. The van der Waals surface area contributed by atoms with Gasteiger partial charge < -0.3 is 4.90 Å². The molecule has 0 amide bonds. The Kier molecular flexibility index (Phi) is 6.97. The van der Waals surface area contributed by atoms with Gasteiger partial charge in [0.1, 0.15) is 12.0 Å². The molecule has 0 aromatic rings. The molecule has 1 aliphatic carbocycles. The van der Waals surface area contributed by atoms with E-state index in [0.29, 0.717) is 12.3 Å². The van der Waals surface area contributed by atoms with Gasteiger partial charge in [-0.3, -0.25) is 0 Å². The molecule has 2 aliphatic rings. The maximum absolute atomic E-state index is 13.6. The van der Waals surface area contributed by atoms with Crippen LogP contribution in [-0.4, -0.2) is 30.9 Å². The largest absolute Gasteiger partial charge is 0.363 e. The second-order valence-electron chi connectivity index (χ2n) is 7.64. The summed E-state index contributed by atoms with van der Waals surface area (Å²) in [6.07, 6.45) is 9.35. The number of nitriles is 1. The predicted molar refractivity (Wildman–Crippen MR) is 106 cm³/mol. The van der Waals surface area contributed by atoms with E-state index in [2.05, 4.69) is 26.8 Å². The number of allylic oxidation sites excluding steroid dienone is 7. The summed E-state index contributed by atoms with van der Waals surface area (Å²) >= 11 is 0. The molecule has 0 saturated heterocycles. The van der Waals surface area contributed by atoms with Crippen molar-refractivity contribution in [2.75, 3.05) is 14.1 Å². The molecule has 0 spiro atoms. The normalized spacial score (nSPS) is 24.6. The summed E-state index contributed by atoms with van der Waals surface area (Å²) < 4.78 is 13.6. The molecule has 0 aromatic heterocycles. The molecule has 0 aromatic carbocycles. The third kappa shape index (κ3) is 4.72. The molecule has 26 heavy (non-hydrogen) atoms. The van der Waals surface area contributed by atoms with Crippen LogP contribution < -0.4 is 0 Å². The molecule has 1 aliphatic heterocycles. The molecule has 2 atom stereocenters. The molecule has 0 bridgehead atoms. The molecule has 4 heteroatoms. The maximum Gasteiger partial charge on any atom is 0.127 e. The molecular weight excluding hydrogens is 325 g/mol. The first-order chi connectivity index (χ1) is 12.3. The van der Waals surface area contributed by atoms with E-state index in [9.17, 15) is 4.39 Å². The van der Waals surface area contributed by atoms with Crippen LogP contribution in [0.25, 0.3) is 0 Å². The van der Waals surface area contributed by atoms with Gasteiger partial charge in [0.25, 0.3) is 0 Å². The van der Waals surface area contributed by atoms with E-state index >= 15 is 0 Å². The minimum atomic E-state index is -0.863. The van der Waals surface area contributed by atoms with Crippen LogP contribution in [0.5, 0.6) is 0 Å². The zero-order chi connectivity index (χ0) is 19.3. The molecule has 2 rings (SSSR count). The van der Waals surface area contributed by atoms with Gasteiger partial charge in [-0.2, -0.15) is 5.26 Å². The second kappa shape index (κ2) is 8.98. The Balaban J connectivity index is 2.68. The van der Waals surface area contributed by atoms with Gasteiger partial charge in [0, 0.05) is 26.1 Å². The molecule has 0 N–H and O–H groups in total. The van der Waals surface area contributed by atoms with Crippen molar-refractivity contribution in [1.29, 1.82) is 5.26 Å². The number of aliphatic imine (C=N–C) groups is 1. The van der Waals surface area contributed by atoms with Crippen molar-refractivity contribution in [2.45, 2.75) is 52.6 Å². The molecule has 0 saturated carbocycles. The fourth-order valence-corrected chi connectivity index (χ4v) is 3.69. The maximum atomic E-state index is 13.6. The summed E-state index contributed by atoms with van der Waals surface area (Å²) in [5, 5.41) is 9.08. The number of rotatable bonds is 4. The van der Waals surface area contributed by atoms with Crippen molar-refractivity contribution in [1.82, 2.24) is 4.90 Å². The van der Waals surface area contributed by atoms with Gasteiger partial charge in [0.15, 0.2) is 0 Å². The van der Waals surface area contributed by atoms with E-state index in [1.54, 1.807) is 6.08 Å². The molecule has 1 heterocycles. The first kappa shape index (κ1) is 20.2. The van der Waals surface area contributed by atoms with Crippen LogP contribution in [0.15, 0.2) is 51.8 Å². The summed E-state index contributed by atoms with van der Waals surface area (Å²) in [6, 6.07) is 2.11. The zero-order valence-electron chi connectivity index (χ0n) is 16.6. The second-order valence-corrected chi connectivity index (χ2v) is 7.64. The van der Waals surface area contributed by atoms with E-state index in [0.717, 1.165) is 36.4 Å². The quantitative estimate of drug-likeness (QED) is 0.503. The minimum Gasteiger partial charge on any atom is -0.363 e. The van der Waals surface area contributed by atoms with Crippen LogP contribution in [0.2, 0.25) is 0 Å². The van der Waals surface area contributed by atoms with Crippen molar-refractivity contribution >= 4 is 5.71 Å². The lowest BCUT2D eigenvalue weighted by Gasteiger charge is -2.29. The zero-order valence-corrected chi connectivity index (χ0v) is 16.6. The van der Waals surface area contributed by atoms with E-state index in [1.165, 1.54) is 17.2 Å². The van der Waals surface area contributed by atoms with E-state index in [1.807, 2.05) is 31.1 Å². The predicted octanol–water partition coefficient (Wildman–Crippen LogP) is 5.35. The van der Waals surface area contributed by atoms with Crippen LogP contribution in [0.1, 0.15) is 46.5 Å². The molecule has 140 valence electrons. The van der Waals surface area contributed by atoms with Crippen molar-refractivity contribution in [3.8, 4) is 6.07 Å². The van der Waals surface area contributed by atoms with Crippen molar-refractivity contribution in [3.05, 3.63) is 46.8 Å². The summed E-state index contributed by atoms with van der Waals surface area (Å²) in [4.78, 5) is 7.11. The minimum absolute atomic E-state index is 0.0787. The smallest absolute Gasteiger partial charge is 0.127 e. The number of hydrogen-bond donors (Lipinski definition) is 0. The Bertz CT molecular complexity index is 714. The molecule has 3 nitrogen and oxygen atoms in total. The fourth-order valence-electron chi connectivity index (χ4n) is 3.69. The van der Waals surface area contributed by atoms with Crippen LogP contribution in [0, 0.1) is 23.2 Å². The molecular formula is C22H30FN3. The number of alkyl halides is 1. The van der Waals surface area contributed by atoms with Gasteiger partial charge in [-0.25, -0.2) is 9.38 Å². The third-order valence-electron chi connectivity index (χ3n) is 5.10. The van der Waals surface area contributed by atoms with E-state index < -0.39 is 6.17 Å². The lowest BCUT2D eigenvalue weighted by Crippen LogP contribution is -2.24. The Labute approximate surface area is 157 Å². The first-order valence-electron chi connectivity index (χ1n) is 9.42. The molecule has 0 fully saturated rings. The molecule has 0 radical (unpaired) electrons. The van der Waals surface area contributed by atoms with Gasteiger partial charge in [-0.15, -0.1) is 0 Å². The Morgan fingerprint density at radius 2 is 2.00 bits per heavy atom. The highest BCUT2D eigenvalue weighted by atomic mass is 19.1. The average molecular weight is 356 g/mol. The van der Waals surface area contributed by atoms with Gasteiger partial charge in [0.05, 0.1) is 11.8 Å². The highest BCUT2D eigenvalue weighted by Gasteiger charge is 2.26.